The molecule has 1 fully saturated rings. The standard InChI is InChI=1S/C25H34N10OSi/c1-5-20-13-28-35(15-20)25(8-9-26)17-32(18-25)22-7-6-10-34-23(22)30-24(31-34)29-21-14-27-33(16-21)19-36-11-12-37(2,3)4/h6-7,10,13-16H,5,8,11-12,17-19H2,1-4H3,(H,29,31). The van der Waals surface area contributed by atoms with Gasteiger partial charge in [-0.25, -0.2) is 9.20 Å². The van der Waals surface area contributed by atoms with Gasteiger partial charge in [0.2, 0.25) is 5.95 Å². The van der Waals surface area contributed by atoms with Crippen LogP contribution in [0.1, 0.15) is 18.9 Å². The summed E-state index contributed by atoms with van der Waals surface area (Å²) < 4.78 is 11.3. The highest BCUT2D eigenvalue weighted by Crippen LogP contribution is 2.37. The van der Waals surface area contributed by atoms with Crippen LogP contribution < -0.4 is 10.2 Å². The fourth-order valence-corrected chi connectivity index (χ4v) is 5.23. The van der Waals surface area contributed by atoms with Gasteiger partial charge in [-0.2, -0.15) is 20.4 Å². The Kier molecular flexibility index (Phi) is 6.74. The molecule has 1 aliphatic rings. The molecule has 12 heteroatoms. The van der Waals surface area contributed by atoms with Crippen molar-refractivity contribution in [3.63, 3.8) is 0 Å². The zero-order valence-corrected chi connectivity index (χ0v) is 22.9. The van der Waals surface area contributed by atoms with Crippen LogP contribution in [0.3, 0.4) is 0 Å². The van der Waals surface area contributed by atoms with Crippen LogP contribution in [0.5, 0.6) is 0 Å². The molecule has 37 heavy (non-hydrogen) atoms. The summed E-state index contributed by atoms with van der Waals surface area (Å²) in [5.74, 6) is 0.495. The normalized spacial score (nSPS) is 15.1. The van der Waals surface area contributed by atoms with E-state index in [1.807, 2.05) is 35.4 Å². The van der Waals surface area contributed by atoms with Gasteiger partial charge in [-0.15, -0.1) is 5.10 Å². The lowest BCUT2D eigenvalue weighted by Gasteiger charge is -2.50. The van der Waals surface area contributed by atoms with E-state index in [4.69, 9.17) is 9.72 Å². The highest BCUT2D eigenvalue weighted by Gasteiger charge is 2.46. The molecule has 0 amide bonds. The molecule has 0 aliphatic carbocycles. The van der Waals surface area contributed by atoms with Crippen LogP contribution in [0.2, 0.25) is 25.7 Å². The molecule has 4 aromatic heterocycles. The highest BCUT2D eigenvalue weighted by atomic mass is 28.3. The average Bonchev–Trinajstić information content (AvgIpc) is 3.58. The minimum atomic E-state index is -1.11. The Morgan fingerprint density at radius 2 is 2.03 bits per heavy atom. The molecule has 0 atom stereocenters. The summed E-state index contributed by atoms with van der Waals surface area (Å²) in [5, 5.41) is 26.3. The molecule has 1 saturated heterocycles. The van der Waals surface area contributed by atoms with Crippen molar-refractivity contribution in [2.24, 2.45) is 0 Å². The van der Waals surface area contributed by atoms with E-state index in [-0.39, 0.29) is 5.54 Å². The van der Waals surface area contributed by atoms with Gasteiger partial charge in [0, 0.05) is 40.2 Å². The molecule has 0 bridgehead atoms. The Morgan fingerprint density at radius 3 is 2.76 bits per heavy atom. The van der Waals surface area contributed by atoms with E-state index in [0.717, 1.165) is 36.1 Å². The number of rotatable bonds is 11. The number of pyridine rings is 1. The molecule has 4 aromatic rings. The van der Waals surface area contributed by atoms with Crippen LogP contribution in [0.4, 0.5) is 17.3 Å². The first-order chi connectivity index (χ1) is 17.8. The molecule has 0 spiro atoms. The maximum atomic E-state index is 9.50. The summed E-state index contributed by atoms with van der Waals surface area (Å²) >= 11 is 0. The lowest BCUT2D eigenvalue weighted by Crippen LogP contribution is -2.63. The van der Waals surface area contributed by atoms with E-state index >= 15 is 0 Å². The first-order valence-electron chi connectivity index (χ1n) is 12.7. The number of ether oxygens (including phenoxy) is 1. The van der Waals surface area contributed by atoms with E-state index in [0.29, 0.717) is 32.2 Å². The van der Waals surface area contributed by atoms with Crippen LogP contribution in [0.15, 0.2) is 43.1 Å². The molecule has 5 rings (SSSR count). The average molecular weight is 519 g/mol. The lowest BCUT2D eigenvalue weighted by molar-refractivity contribution is 0.0786. The third-order valence-electron chi connectivity index (χ3n) is 6.70. The predicted molar refractivity (Wildman–Crippen MR) is 145 cm³/mol. The van der Waals surface area contributed by atoms with Gasteiger partial charge in [0.05, 0.1) is 42.5 Å². The Balaban J connectivity index is 1.26. The predicted octanol–water partition coefficient (Wildman–Crippen LogP) is 3.87. The number of hydrogen-bond donors (Lipinski definition) is 1. The quantitative estimate of drug-likeness (QED) is 0.235. The van der Waals surface area contributed by atoms with Gasteiger partial charge in [-0.1, -0.05) is 26.6 Å². The summed E-state index contributed by atoms with van der Waals surface area (Å²) in [7, 11) is -1.11. The molecule has 5 heterocycles. The second-order valence-electron chi connectivity index (χ2n) is 10.9. The van der Waals surface area contributed by atoms with E-state index in [2.05, 4.69) is 64.3 Å². The smallest absolute Gasteiger partial charge is 0.247 e. The van der Waals surface area contributed by atoms with Crippen molar-refractivity contribution in [2.45, 2.75) is 57.7 Å². The Labute approximate surface area is 217 Å². The minimum absolute atomic E-state index is 0.332. The molecular weight excluding hydrogens is 484 g/mol. The second kappa shape index (κ2) is 9.99. The lowest BCUT2D eigenvalue weighted by atomic mass is 9.86. The summed E-state index contributed by atoms with van der Waals surface area (Å²) in [5.41, 5.74) is 3.38. The molecule has 0 aromatic carbocycles. The van der Waals surface area contributed by atoms with Crippen molar-refractivity contribution >= 4 is 31.0 Å². The monoisotopic (exact) mass is 518 g/mol. The Morgan fingerprint density at radius 1 is 1.19 bits per heavy atom. The van der Waals surface area contributed by atoms with Gasteiger partial charge in [-0.3, -0.25) is 4.68 Å². The van der Waals surface area contributed by atoms with Crippen molar-refractivity contribution in [1.29, 1.82) is 5.26 Å². The number of nitriles is 1. The van der Waals surface area contributed by atoms with E-state index in [1.165, 1.54) is 5.56 Å². The molecule has 11 nitrogen and oxygen atoms in total. The van der Waals surface area contributed by atoms with Crippen LogP contribution >= 0.6 is 0 Å². The second-order valence-corrected chi connectivity index (χ2v) is 16.5. The van der Waals surface area contributed by atoms with Crippen molar-refractivity contribution < 1.29 is 4.74 Å². The van der Waals surface area contributed by atoms with Crippen molar-refractivity contribution in [2.75, 3.05) is 29.9 Å². The highest BCUT2D eigenvalue weighted by molar-refractivity contribution is 6.76. The Hall–Kier alpha value is -3.69. The van der Waals surface area contributed by atoms with Crippen molar-refractivity contribution in [3.05, 3.63) is 48.7 Å². The summed E-state index contributed by atoms with van der Waals surface area (Å²) in [6.07, 6.45) is 10.8. The van der Waals surface area contributed by atoms with Crippen LogP contribution in [-0.4, -0.2) is 61.9 Å². The number of hydrogen-bond acceptors (Lipinski definition) is 8. The number of nitrogens with zero attached hydrogens (tertiary/aromatic N) is 9. The van der Waals surface area contributed by atoms with E-state index in [1.54, 1.807) is 15.4 Å². The number of aryl methyl sites for hydroxylation is 1. The first-order valence-corrected chi connectivity index (χ1v) is 16.4. The van der Waals surface area contributed by atoms with Gasteiger partial charge in [0.15, 0.2) is 5.65 Å². The SMILES string of the molecule is CCc1cnn(C2(CC#N)CN(c3cccn4nc(Nc5cnn(COCC[Si](C)(C)C)c5)nc34)C2)c1. The maximum Gasteiger partial charge on any atom is 0.247 e. The third kappa shape index (κ3) is 5.37. The largest absolute Gasteiger partial charge is 0.363 e. The number of anilines is 3. The van der Waals surface area contributed by atoms with Gasteiger partial charge in [0.1, 0.15) is 12.3 Å². The molecule has 0 radical (unpaired) electrons. The number of aromatic nitrogens is 7. The van der Waals surface area contributed by atoms with Gasteiger partial charge in [-0.05, 0) is 30.2 Å². The van der Waals surface area contributed by atoms with Crippen LogP contribution in [0.25, 0.3) is 5.65 Å². The molecular formula is C25H34N10OSi. The molecule has 1 aliphatic heterocycles. The van der Waals surface area contributed by atoms with Crippen LogP contribution in [0, 0.1) is 11.3 Å². The van der Waals surface area contributed by atoms with E-state index < -0.39 is 8.07 Å². The Bertz CT molecular complexity index is 1400. The first kappa shape index (κ1) is 25.0. The van der Waals surface area contributed by atoms with E-state index in [9.17, 15) is 5.26 Å². The fourth-order valence-electron chi connectivity index (χ4n) is 4.48. The maximum absolute atomic E-state index is 9.50. The topological polar surface area (TPSA) is 114 Å². The van der Waals surface area contributed by atoms with Crippen molar-refractivity contribution in [3.8, 4) is 6.07 Å². The zero-order valence-electron chi connectivity index (χ0n) is 21.9. The fraction of sp³-hybridized carbons (Fsp3) is 0.480. The van der Waals surface area contributed by atoms with Crippen molar-refractivity contribution in [1.82, 2.24) is 34.2 Å². The summed E-state index contributed by atoms with van der Waals surface area (Å²) in [4.78, 5) is 6.98. The summed E-state index contributed by atoms with van der Waals surface area (Å²) in [6.45, 7) is 11.7. The van der Waals surface area contributed by atoms with Gasteiger partial charge >= 0.3 is 0 Å². The summed E-state index contributed by atoms with van der Waals surface area (Å²) in [6, 6.07) is 7.49. The molecule has 0 saturated carbocycles. The zero-order chi connectivity index (χ0) is 26.0. The number of fused-ring (bicyclic) bond motifs is 1. The third-order valence-corrected chi connectivity index (χ3v) is 8.40. The number of nitrogens with one attached hydrogen (secondary N) is 1. The van der Waals surface area contributed by atoms with Gasteiger partial charge in [0.25, 0.3) is 0 Å². The molecule has 0 unspecified atom stereocenters. The minimum Gasteiger partial charge on any atom is -0.363 e. The molecule has 1 N–H and O–H groups in total. The van der Waals surface area contributed by atoms with Gasteiger partial charge < -0.3 is 15.0 Å². The van der Waals surface area contributed by atoms with Crippen LogP contribution in [-0.2, 0) is 23.4 Å². The molecule has 194 valence electrons.